The molecular weight excluding hydrogens is 426 g/mol. The Hall–Kier alpha value is -3.55. The van der Waals surface area contributed by atoms with E-state index in [0.717, 1.165) is 28.8 Å². The molecule has 1 amide bonds. The molecule has 172 valence electrons. The van der Waals surface area contributed by atoms with E-state index in [1.54, 1.807) is 6.07 Å². The fraction of sp³-hybridized carbons (Fsp3) is 0.320. The van der Waals surface area contributed by atoms with Gasteiger partial charge in [-0.15, -0.1) is 0 Å². The summed E-state index contributed by atoms with van der Waals surface area (Å²) in [7, 11) is 0. The third-order valence-corrected chi connectivity index (χ3v) is 6.05. The van der Waals surface area contributed by atoms with Gasteiger partial charge in [0.15, 0.2) is 0 Å². The predicted molar refractivity (Wildman–Crippen MR) is 121 cm³/mol. The quantitative estimate of drug-likeness (QED) is 0.587. The second-order valence-electron chi connectivity index (χ2n) is 8.23. The van der Waals surface area contributed by atoms with Crippen LogP contribution in [0.2, 0.25) is 0 Å². The molecule has 0 aliphatic carbocycles. The van der Waals surface area contributed by atoms with Crippen molar-refractivity contribution in [2.45, 2.75) is 33.2 Å². The Labute approximate surface area is 191 Å². The highest BCUT2D eigenvalue weighted by atomic mass is 19.1. The molecule has 6 nitrogen and oxygen atoms in total. The van der Waals surface area contributed by atoms with E-state index in [-0.39, 0.29) is 23.9 Å². The Morgan fingerprint density at radius 1 is 1.12 bits per heavy atom. The lowest BCUT2D eigenvalue weighted by Crippen LogP contribution is -2.40. The van der Waals surface area contributed by atoms with Crippen LogP contribution in [0.25, 0.3) is 0 Å². The number of halogens is 2. The summed E-state index contributed by atoms with van der Waals surface area (Å²) in [5.74, 6) is 0.382. The first-order valence-electron chi connectivity index (χ1n) is 10.9. The van der Waals surface area contributed by atoms with Gasteiger partial charge in [0.2, 0.25) is 11.8 Å². The first-order valence-corrected chi connectivity index (χ1v) is 10.9. The van der Waals surface area contributed by atoms with Gasteiger partial charge in [-0.25, -0.2) is 18.7 Å². The van der Waals surface area contributed by atoms with Crippen LogP contribution in [-0.2, 0) is 11.3 Å². The Morgan fingerprint density at radius 2 is 1.91 bits per heavy atom. The molecule has 1 aliphatic heterocycles. The molecule has 1 saturated heterocycles. The van der Waals surface area contributed by atoms with Gasteiger partial charge >= 0.3 is 0 Å². The summed E-state index contributed by atoms with van der Waals surface area (Å²) >= 11 is 0. The molecule has 4 rings (SSSR count). The third kappa shape index (κ3) is 5.45. The highest BCUT2D eigenvalue weighted by Crippen LogP contribution is 2.28. The van der Waals surface area contributed by atoms with Crippen molar-refractivity contribution in [1.82, 2.24) is 15.3 Å². The molecule has 0 unspecified atom stereocenters. The fourth-order valence-electron chi connectivity index (χ4n) is 3.87. The van der Waals surface area contributed by atoms with Crippen LogP contribution in [-0.4, -0.2) is 29.0 Å². The van der Waals surface area contributed by atoms with Gasteiger partial charge in [-0.05, 0) is 49.9 Å². The minimum Gasteiger partial charge on any atom is -0.439 e. The fourth-order valence-corrected chi connectivity index (χ4v) is 3.87. The molecule has 8 heteroatoms. The molecule has 2 aromatic carbocycles. The Bertz CT molecular complexity index is 1150. The number of benzene rings is 2. The lowest BCUT2D eigenvalue weighted by atomic mass is 9.96. The number of rotatable bonds is 6. The van der Waals surface area contributed by atoms with Crippen molar-refractivity contribution in [2.24, 2.45) is 5.92 Å². The van der Waals surface area contributed by atoms with E-state index in [1.165, 1.54) is 18.5 Å². The summed E-state index contributed by atoms with van der Waals surface area (Å²) in [5.41, 5.74) is 2.47. The molecule has 0 radical (unpaired) electrons. The van der Waals surface area contributed by atoms with E-state index in [4.69, 9.17) is 4.74 Å². The summed E-state index contributed by atoms with van der Waals surface area (Å²) in [6, 6.07) is 11.0. The van der Waals surface area contributed by atoms with Gasteiger partial charge in [0, 0.05) is 43.2 Å². The molecule has 1 aromatic heterocycles. The van der Waals surface area contributed by atoms with Gasteiger partial charge in [-0.1, -0.05) is 18.2 Å². The minimum absolute atomic E-state index is 0.0378. The van der Waals surface area contributed by atoms with Crippen molar-refractivity contribution in [3.63, 3.8) is 0 Å². The molecule has 0 bridgehead atoms. The lowest BCUT2D eigenvalue weighted by Gasteiger charge is -2.32. The largest absolute Gasteiger partial charge is 0.439 e. The number of carbonyl (C=O) groups excluding carboxylic acids is 1. The average Bonchev–Trinajstić information content (AvgIpc) is 2.82. The number of aryl methyl sites for hydroxylation is 1. The van der Waals surface area contributed by atoms with Gasteiger partial charge in [0.1, 0.15) is 29.5 Å². The van der Waals surface area contributed by atoms with E-state index >= 15 is 0 Å². The van der Waals surface area contributed by atoms with Gasteiger partial charge in [0.25, 0.3) is 0 Å². The standard InChI is InChI=1S/C25H26F2N4O2/c1-16-4-3-5-22(17(16)2)33-24-13-23(29-15-30-24)31-10-8-18(9-11-31)25(32)28-14-19-6-7-20(26)12-21(19)27/h3-7,12-13,15,18H,8-11,14H2,1-2H3,(H,28,32). The number of nitrogens with zero attached hydrogens (tertiary/aromatic N) is 3. The minimum atomic E-state index is -0.659. The van der Waals surface area contributed by atoms with Crippen molar-refractivity contribution in [3.8, 4) is 11.6 Å². The van der Waals surface area contributed by atoms with Crippen molar-refractivity contribution in [1.29, 1.82) is 0 Å². The van der Waals surface area contributed by atoms with Crippen LogP contribution in [0, 0.1) is 31.4 Å². The Balaban J connectivity index is 1.32. The van der Waals surface area contributed by atoms with Crippen LogP contribution in [0.3, 0.4) is 0 Å². The van der Waals surface area contributed by atoms with Gasteiger partial charge < -0.3 is 15.0 Å². The number of aromatic nitrogens is 2. The van der Waals surface area contributed by atoms with Crippen LogP contribution < -0.4 is 15.0 Å². The van der Waals surface area contributed by atoms with Gasteiger partial charge in [-0.2, -0.15) is 0 Å². The third-order valence-electron chi connectivity index (χ3n) is 6.05. The second-order valence-corrected chi connectivity index (χ2v) is 8.23. The van der Waals surface area contributed by atoms with Gasteiger partial charge in [0.05, 0.1) is 0 Å². The highest BCUT2D eigenvalue weighted by Gasteiger charge is 2.26. The van der Waals surface area contributed by atoms with Crippen LogP contribution >= 0.6 is 0 Å². The Morgan fingerprint density at radius 3 is 2.67 bits per heavy atom. The molecule has 1 aliphatic rings. The Kier molecular flexibility index (Phi) is 6.82. The number of piperidine rings is 1. The molecule has 1 N–H and O–H groups in total. The topological polar surface area (TPSA) is 67.3 Å². The van der Waals surface area contributed by atoms with Crippen LogP contribution in [0.1, 0.15) is 29.5 Å². The zero-order valence-electron chi connectivity index (χ0n) is 18.6. The molecule has 1 fully saturated rings. The predicted octanol–water partition coefficient (Wildman–Crippen LogP) is 4.70. The normalized spacial score (nSPS) is 14.2. The van der Waals surface area contributed by atoms with E-state index in [2.05, 4.69) is 20.2 Å². The summed E-state index contributed by atoms with van der Waals surface area (Å²) in [5, 5.41) is 2.76. The number of nitrogens with one attached hydrogen (secondary N) is 1. The lowest BCUT2D eigenvalue weighted by molar-refractivity contribution is -0.125. The number of ether oxygens (including phenoxy) is 1. The first kappa shape index (κ1) is 22.6. The monoisotopic (exact) mass is 452 g/mol. The molecule has 2 heterocycles. The molecular formula is C25H26F2N4O2. The van der Waals surface area contributed by atoms with Crippen molar-refractivity contribution in [2.75, 3.05) is 18.0 Å². The van der Waals surface area contributed by atoms with Crippen molar-refractivity contribution < 1.29 is 18.3 Å². The summed E-state index contributed by atoms with van der Waals surface area (Å²) in [6.07, 6.45) is 2.77. The maximum atomic E-state index is 13.8. The maximum Gasteiger partial charge on any atom is 0.224 e. The van der Waals surface area contributed by atoms with Gasteiger partial charge in [-0.3, -0.25) is 4.79 Å². The number of hydrogen-bond acceptors (Lipinski definition) is 5. The number of anilines is 1. The van der Waals surface area contributed by atoms with Crippen molar-refractivity contribution >= 4 is 11.7 Å². The smallest absolute Gasteiger partial charge is 0.224 e. The summed E-state index contributed by atoms with van der Waals surface area (Å²) in [4.78, 5) is 23.2. The van der Waals surface area contributed by atoms with E-state index in [0.29, 0.717) is 31.8 Å². The molecule has 0 spiro atoms. The van der Waals surface area contributed by atoms with E-state index in [1.807, 2.05) is 32.0 Å². The second kappa shape index (κ2) is 9.94. The molecule has 0 atom stereocenters. The number of carbonyl (C=O) groups is 1. The highest BCUT2D eigenvalue weighted by molar-refractivity contribution is 5.79. The zero-order valence-corrected chi connectivity index (χ0v) is 18.6. The van der Waals surface area contributed by atoms with Crippen molar-refractivity contribution in [3.05, 3.63) is 77.1 Å². The maximum absolute atomic E-state index is 13.8. The number of hydrogen-bond donors (Lipinski definition) is 1. The summed E-state index contributed by atoms with van der Waals surface area (Å²) < 4.78 is 32.8. The molecule has 3 aromatic rings. The van der Waals surface area contributed by atoms with Crippen LogP contribution in [0.15, 0.2) is 48.8 Å². The zero-order chi connectivity index (χ0) is 23.4. The summed E-state index contributed by atoms with van der Waals surface area (Å²) in [6.45, 7) is 5.39. The number of amides is 1. The van der Waals surface area contributed by atoms with E-state index < -0.39 is 11.6 Å². The van der Waals surface area contributed by atoms with E-state index in [9.17, 15) is 13.6 Å². The molecule has 0 saturated carbocycles. The first-order chi connectivity index (χ1) is 15.9. The van der Waals surface area contributed by atoms with Crippen LogP contribution in [0.4, 0.5) is 14.6 Å². The molecule has 33 heavy (non-hydrogen) atoms. The average molecular weight is 453 g/mol. The SMILES string of the molecule is Cc1cccc(Oc2cc(N3CCC(C(=O)NCc4ccc(F)cc4F)CC3)ncn2)c1C. The van der Waals surface area contributed by atoms with Crippen LogP contribution in [0.5, 0.6) is 11.6 Å².